The minimum Gasteiger partial charge on any atom is -0.511 e. The van der Waals surface area contributed by atoms with E-state index in [0.717, 1.165) is 77.7 Å². The summed E-state index contributed by atoms with van der Waals surface area (Å²) in [6.45, 7) is 25.9. The van der Waals surface area contributed by atoms with Gasteiger partial charge < -0.3 is 14.3 Å². The molecule has 5 heteroatoms. The van der Waals surface area contributed by atoms with Crippen molar-refractivity contribution in [2.24, 2.45) is 4.99 Å². The van der Waals surface area contributed by atoms with E-state index in [1.54, 1.807) is 0 Å². The molecule has 1 aliphatic carbocycles. The molecular weight excluding hydrogens is 830 g/mol. The average molecular weight is 883 g/mol. The van der Waals surface area contributed by atoms with Crippen LogP contribution in [0, 0.1) is 39.8 Å². The smallest absolute Gasteiger partial charge is 0.511 e. The minimum absolute atomic E-state index is 0. The summed E-state index contributed by atoms with van der Waals surface area (Å²) in [6, 6.07) is 29.4. The third-order valence-electron chi connectivity index (χ3n) is 11.8. The Morgan fingerprint density at radius 1 is 0.811 bits per heavy atom. The molecule has 2 atom stereocenters. The van der Waals surface area contributed by atoms with Gasteiger partial charge in [0.25, 0.3) is 0 Å². The molecule has 0 spiro atoms. The fourth-order valence-corrected chi connectivity index (χ4v) is 8.01. The van der Waals surface area contributed by atoms with E-state index >= 15 is 0 Å². The number of rotatable bonds is 3. The fourth-order valence-electron chi connectivity index (χ4n) is 8.01. The van der Waals surface area contributed by atoms with Crippen molar-refractivity contribution in [2.45, 2.75) is 118 Å². The zero-order valence-electron chi connectivity index (χ0n) is 35.1. The molecule has 1 aliphatic heterocycles. The van der Waals surface area contributed by atoms with Gasteiger partial charge in [0.2, 0.25) is 0 Å². The Hall–Kier alpha value is -4.01. The van der Waals surface area contributed by atoms with Gasteiger partial charge in [0.05, 0.1) is 0 Å². The maximum absolute atomic E-state index is 9.25. The Morgan fingerprint density at radius 3 is 2.26 bits per heavy atom. The van der Waals surface area contributed by atoms with Crippen LogP contribution in [0.5, 0.6) is 0 Å². The summed E-state index contributed by atoms with van der Waals surface area (Å²) in [5.74, 6) is 0.495. The molecule has 3 heterocycles. The molecule has 0 N–H and O–H groups in total. The Balaban J connectivity index is 0.00000465. The summed E-state index contributed by atoms with van der Waals surface area (Å²) >= 11 is 0. The van der Waals surface area contributed by atoms with Gasteiger partial charge in [-0.05, 0) is 120 Å². The van der Waals surface area contributed by atoms with E-state index in [-0.39, 0.29) is 38.3 Å². The van der Waals surface area contributed by atoms with Crippen LogP contribution in [-0.4, -0.2) is 21.0 Å². The summed E-state index contributed by atoms with van der Waals surface area (Å²) < 4.78 is 27.7. The molecule has 274 valence electrons. The van der Waals surface area contributed by atoms with E-state index in [4.69, 9.17) is 14.7 Å². The minimum atomic E-state index is -1.57. The summed E-state index contributed by atoms with van der Waals surface area (Å²) in [7, 11) is 0. The molecule has 53 heavy (non-hydrogen) atoms. The van der Waals surface area contributed by atoms with Crippen molar-refractivity contribution in [3.8, 4) is 16.9 Å². The fraction of sp³-hybridized carbons (Fsp3) is 0.375. The molecule has 0 saturated heterocycles. The van der Waals surface area contributed by atoms with Gasteiger partial charge in [0.1, 0.15) is 17.0 Å². The number of ether oxygens (including phenoxy) is 1. The maximum Gasteiger partial charge on any atom is 2.00 e. The normalized spacial score (nSPS) is 21.3. The molecule has 8 rings (SSSR count). The maximum atomic E-state index is 9.25. The molecule has 0 amide bonds. The predicted molar refractivity (Wildman–Crippen MR) is 216 cm³/mol. The van der Waals surface area contributed by atoms with Gasteiger partial charge in [0, 0.05) is 14.5 Å². The second-order valence-corrected chi connectivity index (χ2v) is 17.6. The monoisotopic (exact) mass is 882 g/mol. The van der Waals surface area contributed by atoms with Crippen molar-refractivity contribution in [3.63, 3.8) is 0 Å². The van der Waals surface area contributed by atoms with Gasteiger partial charge in [0.15, 0.2) is 0 Å². The van der Waals surface area contributed by atoms with Crippen LogP contribution in [0.1, 0.15) is 115 Å². The third kappa shape index (κ3) is 5.92. The van der Waals surface area contributed by atoms with E-state index < -0.39 is 17.5 Å². The Morgan fingerprint density at radius 2 is 1.55 bits per heavy atom. The number of fused-ring (bicyclic) bond motifs is 6. The topological polar surface area (TPSA) is 39.4 Å². The van der Waals surface area contributed by atoms with Crippen molar-refractivity contribution < 1.29 is 28.5 Å². The van der Waals surface area contributed by atoms with Crippen molar-refractivity contribution >= 4 is 27.7 Å². The molecule has 0 radical (unpaired) electrons. The molecule has 2 aliphatic rings. The first-order valence-electron chi connectivity index (χ1n) is 19.5. The van der Waals surface area contributed by atoms with E-state index in [2.05, 4.69) is 140 Å². The standard InChI is InChI=1S/C48H51N3O.Pt/c1-28-13-16-42-38(21-28)39-22-30(3)37(41-26-33(18-20-49-41)45(5,6)7)27-43(39)51(42)35-24-32(23-34(25-35)46(8,9)10)44-50-48(12)40-15-14-29(2)31(4)36(40)17-19-47(48,11)52-44;/h13-16,18,20-23,25-26H,17,19H2,1-12H3;/q-2;+2/t47-,48+;/m0./s1/i17D2;. The number of hydrogen-bond acceptors (Lipinski definition) is 3. The number of hydrogen-bond donors (Lipinski definition) is 0. The Labute approximate surface area is 333 Å². The van der Waals surface area contributed by atoms with Crippen molar-refractivity contribution in [2.75, 3.05) is 0 Å². The average Bonchev–Trinajstić information content (AvgIpc) is 3.54. The largest absolute Gasteiger partial charge is 2.00 e. The molecule has 4 nitrogen and oxygen atoms in total. The summed E-state index contributed by atoms with van der Waals surface area (Å²) in [5, 5.41) is 2.29. The number of nitrogens with zero attached hydrogens (tertiary/aromatic N) is 3. The van der Waals surface area contributed by atoms with E-state index in [0.29, 0.717) is 5.90 Å². The van der Waals surface area contributed by atoms with Crippen LogP contribution in [-0.2, 0) is 48.5 Å². The Kier molecular flexibility index (Phi) is 8.21. The zero-order chi connectivity index (χ0) is 38.9. The van der Waals surface area contributed by atoms with Gasteiger partial charge in [-0.15, -0.1) is 47.0 Å². The third-order valence-corrected chi connectivity index (χ3v) is 11.8. The van der Waals surface area contributed by atoms with E-state index in [9.17, 15) is 2.74 Å². The van der Waals surface area contributed by atoms with Crippen LogP contribution in [0.3, 0.4) is 0 Å². The van der Waals surface area contributed by atoms with Crippen LogP contribution >= 0.6 is 0 Å². The van der Waals surface area contributed by atoms with E-state index in [1.807, 2.05) is 27.0 Å². The van der Waals surface area contributed by atoms with Gasteiger partial charge in [-0.3, -0.25) is 4.99 Å². The molecule has 4 aromatic carbocycles. The molecule has 6 aromatic rings. The quantitative estimate of drug-likeness (QED) is 0.166. The van der Waals surface area contributed by atoms with Crippen molar-refractivity contribution in [1.82, 2.24) is 9.55 Å². The molecule has 0 saturated carbocycles. The first kappa shape index (κ1) is 34.7. The first-order valence-corrected chi connectivity index (χ1v) is 18.5. The number of aryl methyl sites for hydroxylation is 3. The molecular formula is C48H51N3OPt. The SMILES string of the molecule is [2H]C1([2H])C[C@]2(C)OC(c3[c-]c(-n4c5[c-]c(-c6cc(C(C)(C)C)ccn6)c(C)cc5c5cc(C)ccc54)cc(C(C)(C)C)c3)=N[C@]2(C)c2ccc(C)c(C)c21.[Pt+2]. The summed E-state index contributed by atoms with van der Waals surface area (Å²) in [5.41, 5.74) is 12.0. The Bertz CT molecular complexity index is 2590. The van der Waals surface area contributed by atoms with Crippen LogP contribution in [0.15, 0.2) is 71.9 Å². The zero-order valence-corrected chi connectivity index (χ0v) is 35.4. The number of pyridine rings is 1. The second-order valence-electron chi connectivity index (χ2n) is 17.6. The van der Waals surface area contributed by atoms with E-state index in [1.165, 1.54) is 11.1 Å². The van der Waals surface area contributed by atoms with Crippen LogP contribution in [0.25, 0.3) is 38.8 Å². The van der Waals surface area contributed by atoms with Crippen molar-refractivity contribution in [3.05, 3.63) is 129 Å². The molecule has 0 fully saturated rings. The predicted octanol–water partition coefficient (Wildman–Crippen LogP) is 11.7. The van der Waals surface area contributed by atoms with Crippen LogP contribution in [0.2, 0.25) is 0 Å². The van der Waals surface area contributed by atoms with Gasteiger partial charge >= 0.3 is 21.1 Å². The number of aliphatic imine (C=N–C) groups is 1. The van der Waals surface area contributed by atoms with Gasteiger partial charge in [-0.25, -0.2) is 0 Å². The van der Waals surface area contributed by atoms with Crippen LogP contribution in [0.4, 0.5) is 0 Å². The summed E-state index contributed by atoms with van der Waals surface area (Å²) in [4.78, 5) is 10.3. The van der Waals surface area contributed by atoms with Crippen molar-refractivity contribution in [1.29, 1.82) is 0 Å². The number of benzene rings is 4. The summed E-state index contributed by atoms with van der Waals surface area (Å²) in [6.07, 6.45) is 0.535. The molecule has 0 unspecified atom stereocenters. The molecule has 0 bridgehead atoms. The second kappa shape index (κ2) is 12.5. The number of aromatic nitrogens is 2. The van der Waals surface area contributed by atoms with Gasteiger partial charge in [-0.2, -0.15) is 0 Å². The first-order chi connectivity index (χ1) is 25.1. The van der Waals surface area contributed by atoms with Crippen LogP contribution < -0.4 is 0 Å². The van der Waals surface area contributed by atoms with Gasteiger partial charge in [-0.1, -0.05) is 95.3 Å². The molecule has 2 aromatic heterocycles.